The number of rotatable bonds is 9. The number of benzene rings is 6. The second-order valence-corrected chi connectivity index (χ2v) is 20.7. The molecule has 1 unspecified atom stereocenters. The van der Waals surface area contributed by atoms with E-state index in [9.17, 15) is 110 Å². The van der Waals surface area contributed by atoms with Gasteiger partial charge in [-0.05, 0) is 60.7 Å². The van der Waals surface area contributed by atoms with Crippen LogP contribution in [0.15, 0.2) is 132 Å². The van der Waals surface area contributed by atoms with Gasteiger partial charge in [-0.3, -0.25) is 4.79 Å². The highest BCUT2D eigenvalue weighted by Crippen LogP contribution is 2.42. The molecule has 0 amide bonds. The zero-order valence-corrected chi connectivity index (χ0v) is 41.2. The van der Waals surface area contributed by atoms with Gasteiger partial charge < -0.3 is 0 Å². The van der Waals surface area contributed by atoms with Crippen molar-refractivity contribution in [2.45, 2.75) is 92.3 Å². The molecule has 27 heteroatoms. The van der Waals surface area contributed by atoms with Gasteiger partial charge in [0.1, 0.15) is 12.4 Å². The number of alkyl halides is 24. The summed E-state index contributed by atoms with van der Waals surface area (Å²) in [6.45, 7) is 0. The van der Waals surface area contributed by atoms with Crippen LogP contribution >= 0.6 is 0 Å². The molecular weight excluding hydrogens is 1150 g/mol. The lowest BCUT2D eigenvalue weighted by Gasteiger charge is -2.46. The van der Waals surface area contributed by atoms with Crippen molar-refractivity contribution in [2.24, 2.45) is 0 Å². The molecular formula is C53H37BF24OS. The highest BCUT2D eigenvalue weighted by atomic mass is 32.2. The first-order valence-corrected chi connectivity index (χ1v) is 25.0. The lowest BCUT2D eigenvalue weighted by atomic mass is 9.12. The summed E-state index contributed by atoms with van der Waals surface area (Å²) in [6, 6.07) is 9.89. The maximum atomic E-state index is 14.2. The number of halogens is 24. The average Bonchev–Trinajstić information content (AvgIpc) is 3.48. The summed E-state index contributed by atoms with van der Waals surface area (Å²) in [5, 5.41) is 0. The van der Waals surface area contributed by atoms with E-state index < -0.39 is 195 Å². The third-order valence-corrected chi connectivity index (χ3v) is 15.0. The van der Waals surface area contributed by atoms with Gasteiger partial charge in [0, 0.05) is 16.5 Å². The van der Waals surface area contributed by atoms with Gasteiger partial charge in [-0.1, -0.05) is 110 Å². The van der Waals surface area contributed by atoms with E-state index in [2.05, 4.69) is 30.5 Å². The van der Waals surface area contributed by atoms with Crippen LogP contribution in [0, 0.1) is 0 Å². The maximum absolute atomic E-state index is 14.2. The first kappa shape index (κ1) is 62.9. The minimum atomic E-state index is -6.13. The Morgan fingerprint density at radius 2 is 0.650 bits per heavy atom. The van der Waals surface area contributed by atoms with Crippen molar-refractivity contribution < 1.29 is 110 Å². The van der Waals surface area contributed by atoms with Crippen molar-refractivity contribution in [1.29, 1.82) is 0 Å². The fraction of sp³-hybridized carbons (Fsp3) is 0.302. The molecule has 432 valence electrons. The zero-order chi connectivity index (χ0) is 60.0. The average molecular weight is 1190 g/mol. The van der Waals surface area contributed by atoms with Crippen LogP contribution in [-0.4, -0.2) is 23.9 Å². The molecule has 6 aromatic carbocycles. The molecule has 0 radical (unpaired) electrons. The molecule has 1 fully saturated rings. The van der Waals surface area contributed by atoms with Crippen molar-refractivity contribution in [3.63, 3.8) is 0 Å². The van der Waals surface area contributed by atoms with Crippen LogP contribution < -0.4 is 21.9 Å². The van der Waals surface area contributed by atoms with Crippen LogP contribution in [0.25, 0.3) is 0 Å². The van der Waals surface area contributed by atoms with E-state index in [0.717, 1.165) is 11.5 Å². The van der Waals surface area contributed by atoms with Gasteiger partial charge in [-0.2, -0.15) is 127 Å². The van der Waals surface area contributed by atoms with E-state index in [1.807, 2.05) is 30.3 Å². The molecule has 1 saturated carbocycles. The second-order valence-electron chi connectivity index (χ2n) is 18.7. The van der Waals surface area contributed by atoms with Gasteiger partial charge in [0.25, 0.3) is 0 Å². The number of carbonyl (C=O) groups excluding carboxylic acids is 1. The molecule has 1 nitrogen and oxygen atoms in total. The number of ketones is 1. The Hall–Kier alpha value is -6.28. The fourth-order valence-corrected chi connectivity index (χ4v) is 10.8. The smallest absolute Gasteiger partial charge is 0.289 e. The summed E-state index contributed by atoms with van der Waals surface area (Å²) in [6.07, 6.45) is -45.8. The monoisotopic (exact) mass is 1190 g/mol. The van der Waals surface area contributed by atoms with Crippen LogP contribution in [-0.2, 0) is 60.3 Å². The quantitative estimate of drug-likeness (QED) is 0.0610. The Morgan fingerprint density at radius 1 is 0.388 bits per heavy atom. The SMILES string of the molecule is C[S+](CC(=O)c1ccccc1)c1ccc(C2CCCCC2)cc1.FC(F)(F)c1cc([B-](c2cc(C(F)(F)F)cc(C(F)(F)F)c2)(c2cc(C(F)(F)F)cc(C(F)(F)F)c2)c2cc(C(F)(F)F)cc(C(F)(F)F)c2)cc(C(F)(F)F)c1. The third kappa shape index (κ3) is 14.8. The molecule has 6 aromatic rings. The van der Waals surface area contributed by atoms with E-state index in [-0.39, 0.29) is 16.7 Å². The number of Topliss-reactive ketones (excluding diaryl/α,β-unsaturated/α-hetero) is 1. The molecule has 7 rings (SSSR count). The second kappa shape index (κ2) is 22.6. The van der Waals surface area contributed by atoms with Crippen LogP contribution in [0.4, 0.5) is 105 Å². The van der Waals surface area contributed by atoms with Gasteiger partial charge in [-0.25, -0.2) is 0 Å². The predicted octanol–water partition coefficient (Wildman–Crippen LogP) is 16.4. The number of hydrogen-bond donors (Lipinski definition) is 0. The summed E-state index contributed by atoms with van der Waals surface area (Å²) in [5.41, 5.74) is -27.9. The molecule has 80 heavy (non-hydrogen) atoms. The predicted molar refractivity (Wildman–Crippen MR) is 250 cm³/mol. The van der Waals surface area contributed by atoms with Crippen LogP contribution in [0.2, 0.25) is 0 Å². The summed E-state index contributed by atoms with van der Waals surface area (Å²) >= 11 is 0. The molecule has 1 aliphatic rings. The van der Waals surface area contributed by atoms with E-state index in [1.165, 1.54) is 42.6 Å². The van der Waals surface area contributed by atoms with Gasteiger partial charge in [-0.15, -0.1) is 0 Å². The third-order valence-electron chi connectivity index (χ3n) is 13.2. The summed E-state index contributed by atoms with van der Waals surface area (Å²) < 4.78 is 341. The van der Waals surface area contributed by atoms with Crippen molar-refractivity contribution in [2.75, 3.05) is 12.0 Å². The van der Waals surface area contributed by atoms with Crippen LogP contribution in [0.3, 0.4) is 0 Å². The minimum absolute atomic E-state index is 0.0267. The van der Waals surface area contributed by atoms with Crippen LogP contribution in [0.5, 0.6) is 0 Å². The van der Waals surface area contributed by atoms with Crippen molar-refractivity contribution >= 4 is 44.7 Å². The van der Waals surface area contributed by atoms with E-state index in [4.69, 9.17) is 0 Å². The van der Waals surface area contributed by atoms with Gasteiger partial charge >= 0.3 is 49.4 Å². The molecule has 0 bridgehead atoms. The first-order chi connectivity index (χ1) is 36.5. The summed E-state index contributed by atoms with van der Waals surface area (Å²) in [7, 11) is -0.0267. The Labute approximate surface area is 441 Å². The van der Waals surface area contributed by atoms with Gasteiger partial charge in [0.2, 0.25) is 5.78 Å². The Kier molecular flexibility index (Phi) is 17.8. The number of carbonyl (C=O) groups is 1. The highest BCUT2D eigenvalue weighted by Gasteiger charge is 2.47. The standard InChI is InChI=1S/C32H12BF24.C21H25OS/c34-25(35,36)13-1-14(26(37,38)39)6-21(5-13)33(22-7-15(27(40,41)42)2-16(8-22)28(43,44)45,23-9-17(29(46,47)48)3-18(10-23)30(49,50)51)24-11-19(31(52,53)54)4-20(12-24)32(55,56)57;1-23(16-21(22)19-10-6-3-7-11-19)20-14-12-18(13-15-20)17-8-4-2-5-9-17/h1-12H;3,6-7,10-15,17H,2,4-5,8-9,16H2,1H3/q-1;+1. The maximum Gasteiger partial charge on any atom is 0.416 e. The largest absolute Gasteiger partial charge is 0.416 e. The Balaban J connectivity index is 0.000000370. The fourth-order valence-electron chi connectivity index (χ4n) is 9.47. The van der Waals surface area contributed by atoms with Crippen molar-refractivity contribution in [1.82, 2.24) is 0 Å². The molecule has 1 atom stereocenters. The minimum Gasteiger partial charge on any atom is -0.289 e. The summed E-state index contributed by atoms with van der Waals surface area (Å²) in [4.78, 5) is 13.6. The Morgan fingerprint density at radius 3 is 0.900 bits per heavy atom. The lowest BCUT2D eigenvalue weighted by Crippen LogP contribution is -2.75. The molecule has 1 aliphatic carbocycles. The first-order valence-electron chi connectivity index (χ1n) is 23.2. The van der Waals surface area contributed by atoms with E-state index >= 15 is 0 Å². The van der Waals surface area contributed by atoms with E-state index in [0.29, 0.717) is 5.75 Å². The van der Waals surface area contributed by atoms with Crippen molar-refractivity contribution in [3.8, 4) is 0 Å². The normalized spacial score (nSPS) is 15.1. The lowest BCUT2D eigenvalue weighted by molar-refractivity contribution is -0.144. The van der Waals surface area contributed by atoms with E-state index in [1.54, 1.807) is 0 Å². The van der Waals surface area contributed by atoms with Crippen molar-refractivity contribution in [3.05, 3.63) is 183 Å². The molecule has 0 spiro atoms. The topological polar surface area (TPSA) is 17.1 Å². The number of hydrogen-bond acceptors (Lipinski definition) is 1. The molecule has 0 aliphatic heterocycles. The zero-order valence-electron chi connectivity index (χ0n) is 40.4. The Bertz CT molecular complexity index is 2700. The molecule has 0 heterocycles. The molecule has 0 N–H and O–H groups in total. The van der Waals surface area contributed by atoms with Gasteiger partial charge in [0.05, 0.1) is 44.5 Å². The van der Waals surface area contributed by atoms with Gasteiger partial charge in [0.15, 0.2) is 10.6 Å². The highest BCUT2D eigenvalue weighted by molar-refractivity contribution is 7.96. The molecule has 0 aromatic heterocycles. The molecule has 0 saturated heterocycles. The summed E-state index contributed by atoms with van der Waals surface area (Å²) in [5.74, 6) is 1.60. The van der Waals surface area contributed by atoms with Crippen LogP contribution in [0.1, 0.15) is 98.5 Å².